The van der Waals surface area contributed by atoms with Gasteiger partial charge in [0.25, 0.3) is 0 Å². The lowest BCUT2D eigenvalue weighted by Crippen LogP contribution is -1.63. The van der Waals surface area contributed by atoms with Gasteiger partial charge in [0, 0.05) is 9.75 Å². The molecule has 0 saturated heterocycles. The van der Waals surface area contributed by atoms with Crippen molar-refractivity contribution in [3.8, 4) is 0 Å². The predicted molar refractivity (Wildman–Crippen MR) is 139 cm³/mol. The van der Waals surface area contributed by atoms with Gasteiger partial charge in [0.05, 0.1) is 25.4 Å². The maximum absolute atomic E-state index is 2.33. The minimum absolute atomic E-state index is 1.33. The molecule has 2 aliphatic heterocycles. The molecule has 3 heterocycles. The van der Waals surface area contributed by atoms with Crippen LogP contribution >= 0.6 is 105 Å². The van der Waals surface area contributed by atoms with Crippen LogP contribution in [-0.2, 0) is 0 Å². The van der Waals surface area contributed by atoms with Crippen molar-refractivity contribution in [2.75, 3.05) is 25.0 Å². The molecular weight excluding hydrogens is 481 g/mol. The van der Waals surface area contributed by atoms with E-state index in [9.17, 15) is 0 Å². The molecule has 0 aliphatic carbocycles. The van der Waals surface area contributed by atoms with Crippen molar-refractivity contribution in [2.45, 2.75) is 0 Å². The summed E-state index contributed by atoms with van der Waals surface area (Å²) < 4.78 is 8.50. The molecule has 3 rings (SSSR count). The van der Waals surface area contributed by atoms with Gasteiger partial charge in [0.1, 0.15) is 0 Å². The molecule has 0 nitrogen and oxygen atoms in total. The fourth-order valence-corrected chi connectivity index (χ4v) is 13.0. The fraction of sp³-hybridized carbons (Fsp3) is 0.250. The molecule has 0 radical (unpaired) electrons. The van der Waals surface area contributed by atoms with Gasteiger partial charge in [0.2, 0.25) is 0 Å². The van der Waals surface area contributed by atoms with Crippen molar-refractivity contribution in [3.05, 3.63) is 47.3 Å². The monoisotopic (exact) mass is 496 g/mol. The molecule has 1 aromatic heterocycles. The summed E-state index contributed by atoms with van der Waals surface area (Å²) in [5.74, 6) is 0. The van der Waals surface area contributed by atoms with Crippen molar-refractivity contribution < 1.29 is 0 Å². The molecule has 0 saturated carbocycles. The topological polar surface area (TPSA) is 0 Å². The molecule has 9 heteroatoms. The highest BCUT2D eigenvalue weighted by atomic mass is 32.3. The Morgan fingerprint density at radius 1 is 0.600 bits per heavy atom. The van der Waals surface area contributed by atoms with Crippen LogP contribution in [0.2, 0.25) is 0 Å². The minimum atomic E-state index is 1.33. The van der Waals surface area contributed by atoms with Gasteiger partial charge >= 0.3 is 0 Å². The summed E-state index contributed by atoms with van der Waals surface area (Å²) in [6.45, 7) is 0. The summed E-state index contributed by atoms with van der Waals surface area (Å²) >= 11 is 16.9. The van der Waals surface area contributed by atoms with Crippen LogP contribution in [-0.4, -0.2) is 25.0 Å². The molecular formula is C16H16S9. The summed E-state index contributed by atoms with van der Waals surface area (Å²) in [6.07, 6.45) is 13.3. The zero-order valence-electron chi connectivity index (χ0n) is 14.0. The quantitative estimate of drug-likeness (QED) is 0.377. The van der Waals surface area contributed by atoms with E-state index in [1.165, 1.54) is 35.2 Å². The molecule has 0 spiro atoms. The van der Waals surface area contributed by atoms with E-state index in [1.54, 1.807) is 0 Å². The van der Waals surface area contributed by atoms with E-state index in [0.29, 0.717) is 0 Å². The van der Waals surface area contributed by atoms with Gasteiger partial charge in [-0.25, -0.2) is 0 Å². The van der Waals surface area contributed by atoms with Gasteiger partial charge in [0.15, 0.2) is 0 Å². The summed E-state index contributed by atoms with van der Waals surface area (Å²) in [4.78, 5) is 2.67. The number of rotatable bonds is 6. The van der Waals surface area contributed by atoms with Crippen molar-refractivity contribution in [1.82, 2.24) is 0 Å². The lowest BCUT2D eigenvalue weighted by atomic mass is 10.4. The summed E-state index contributed by atoms with van der Waals surface area (Å²) in [7, 11) is 0. The van der Waals surface area contributed by atoms with E-state index in [2.05, 4.69) is 49.3 Å². The third-order valence-electron chi connectivity index (χ3n) is 3.02. The number of hydrogen-bond acceptors (Lipinski definition) is 9. The van der Waals surface area contributed by atoms with Crippen LogP contribution in [0.3, 0.4) is 0 Å². The lowest BCUT2D eigenvalue weighted by Gasteiger charge is -1.95. The SMILES string of the molecule is CSC1=C(SC)SC(=Cc2ccc(C=C3SC(SC)=C(SC)S3)s2)S1. The molecule has 0 N–H and O–H groups in total. The third-order valence-corrected chi connectivity index (χ3v) is 14.2. The second-order valence-electron chi connectivity index (χ2n) is 4.54. The van der Waals surface area contributed by atoms with Gasteiger partial charge in [-0.2, -0.15) is 0 Å². The van der Waals surface area contributed by atoms with Crippen molar-refractivity contribution >= 4 is 118 Å². The Labute approximate surface area is 188 Å². The molecule has 0 fully saturated rings. The van der Waals surface area contributed by atoms with Crippen molar-refractivity contribution in [2.24, 2.45) is 0 Å². The van der Waals surface area contributed by atoms with Crippen LogP contribution in [0.15, 0.2) is 37.6 Å². The van der Waals surface area contributed by atoms with Crippen LogP contribution in [0.4, 0.5) is 0 Å². The van der Waals surface area contributed by atoms with Gasteiger partial charge in [-0.15, -0.1) is 58.4 Å². The molecule has 0 aromatic carbocycles. The third kappa shape index (κ3) is 5.50. The zero-order valence-corrected chi connectivity index (χ0v) is 21.3. The first kappa shape index (κ1) is 21.2. The number of thioether (sulfide) groups is 8. The smallest absolute Gasteiger partial charge is 0.0657 e. The van der Waals surface area contributed by atoms with Gasteiger partial charge < -0.3 is 0 Å². The van der Waals surface area contributed by atoms with E-state index in [-0.39, 0.29) is 0 Å². The second kappa shape index (κ2) is 10.3. The summed E-state index contributed by atoms with van der Waals surface area (Å²) in [6, 6.07) is 4.48. The molecule has 25 heavy (non-hydrogen) atoms. The molecule has 2 aliphatic rings. The Morgan fingerprint density at radius 2 is 0.920 bits per heavy atom. The van der Waals surface area contributed by atoms with Crippen LogP contribution in [0.5, 0.6) is 0 Å². The van der Waals surface area contributed by atoms with Crippen LogP contribution in [0.25, 0.3) is 12.2 Å². The zero-order chi connectivity index (χ0) is 17.8. The van der Waals surface area contributed by atoms with E-state index >= 15 is 0 Å². The Balaban J connectivity index is 1.69. The predicted octanol–water partition coefficient (Wildman–Crippen LogP) is 9.01. The number of thiophene rings is 1. The number of hydrogen-bond donors (Lipinski definition) is 0. The summed E-state index contributed by atoms with van der Waals surface area (Å²) in [5, 5.41) is 0. The van der Waals surface area contributed by atoms with Crippen molar-refractivity contribution in [1.29, 1.82) is 0 Å². The van der Waals surface area contributed by atoms with Gasteiger partial charge in [-0.1, -0.05) is 47.0 Å². The molecule has 0 amide bonds. The standard InChI is InChI=1S/C16H16S9/c1-17-13-14(18-2)23-11(22-13)7-9-5-6-10(21-9)8-12-24-15(19-3)16(20-4)25-12/h5-8H,1-4H3. The van der Waals surface area contributed by atoms with Crippen LogP contribution in [0, 0.1) is 0 Å². The van der Waals surface area contributed by atoms with Gasteiger partial charge in [-0.3, -0.25) is 0 Å². The summed E-state index contributed by atoms with van der Waals surface area (Å²) in [5.41, 5.74) is 0. The highest BCUT2D eigenvalue weighted by molar-refractivity contribution is 8.41. The average Bonchev–Trinajstić information content (AvgIpc) is 3.33. The highest BCUT2D eigenvalue weighted by Crippen LogP contribution is 2.58. The molecule has 0 bridgehead atoms. The van der Waals surface area contributed by atoms with E-state index in [1.807, 2.05) is 105 Å². The average molecular weight is 497 g/mol. The Bertz CT molecular complexity index is 668. The van der Waals surface area contributed by atoms with Gasteiger partial charge in [-0.05, 0) is 49.3 Å². The second-order valence-corrected chi connectivity index (χ2v) is 14.7. The maximum Gasteiger partial charge on any atom is 0.0657 e. The van der Waals surface area contributed by atoms with E-state index in [4.69, 9.17) is 0 Å². The Kier molecular flexibility index (Phi) is 8.72. The lowest BCUT2D eigenvalue weighted by molar-refractivity contribution is 1.92. The Hall–Kier alpha value is 1.46. The first-order chi connectivity index (χ1) is 12.2. The van der Waals surface area contributed by atoms with Crippen LogP contribution in [0.1, 0.15) is 9.75 Å². The Morgan fingerprint density at radius 3 is 1.20 bits per heavy atom. The molecule has 0 unspecified atom stereocenters. The normalized spacial score (nSPS) is 17.9. The maximum atomic E-state index is 2.33. The van der Waals surface area contributed by atoms with Crippen molar-refractivity contribution in [3.63, 3.8) is 0 Å². The van der Waals surface area contributed by atoms with E-state index in [0.717, 1.165) is 0 Å². The molecule has 134 valence electrons. The largest absolute Gasteiger partial charge is 0.136 e. The molecule has 0 atom stereocenters. The first-order valence-electron chi connectivity index (χ1n) is 7.06. The van der Waals surface area contributed by atoms with E-state index < -0.39 is 0 Å². The fourth-order valence-electron chi connectivity index (χ4n) is 1.95. The van der Waals surface area contributed by atoms with Crippen LogP contribution < -0.4 is 0 Å². The highest BCUT2D eigenvalue weighted by Gasteiger charge is 2.21. The minimum Gasteiger partial charge on any atom is -0.136 e. The first-order valence-corrected chi connectivity index (χ1v) is 16.0. The molecule has 1 aromatic rings.